The maximum absolute atomic E-state index is 4.48. The van der Waals surface area contributed by atoms with Crippen molar-refractivity contribution < 1.29 is 0 Å². The molecule has 0 aliphatic carbocycles. The van der Waals surface area contributed by atoms with Crippen molar-refractivity contribution in [1.82, 2.24) is 14.5 Å². The topological polar surface area (TPSA) is 46.0 Å². The van der Waals surface area contributed by atoms with Crippen LogP contribution in [0, 0.1) is 0 Å². The van der Waals surface area contributed by atoms with Crippen molar-refractivity contribution in [3.8, 4) is 0 Å². The Morgan fingerprint density at radius 3 is 2.53 bits per heavy atom. The number of hydrogen-bond donors (Lipinski definition) is 1. The van der Waals surface area contributed by atoms with E-state index in [4.69, 9.17) is 0 Å². The molecule has 5 heteroatoms. The van der Waals surface area contributed by atoms with Gasteiger partial charge in [0.2, 0.25) is 0 Å². The van der Waals surface area contributed by atoms with E-state index in [0.29, 0.717) is 6.54 Å². The second-order valence-corrected chi connectivity index (χ2v) is 4.39. The van der Waals surface area contributed by atoms with E-state index in [1.165, 1.54) is 0 Å². The number of rotatable bonds is 6. The first-order valence-electron chi connectivity index (χ1n) is 6.65. The molecule has 2 heterocycles. The molecular weight excluding hydrogens is 238 g/mol. The van der Waals surface area contributed by atoms with E-state index in [2.05, 4.69) is 40.1 Å². The van der Waals surface area contributed by atoms with Crippen molar-refractivity contribution in [1.29, 1.82) is 0 Å². The number of nitrogens with zero attached hydrogens (tertiary/aromatic N) is 4. The van der Waals surface area contributed by atoms with Crippen LogP contribution in [0.5, 0.6) is 0 Å². The van der Waals surface area contributed by atoms with Crippen LogP contribution in [0.15, 0.2) is 30.7 Å². The van der Waals surface area contributed by atoms with Crippen LogP contribution >= 0.6 is 0 Å². The average molecular weight is 259 g/mol. The standard InChI is InChI=1S/C14H21N5/c1-4-19(5-2)13-7-6-12(10-17-13)16-11-14-15-8-9-18(14)3/h6-10,16H,4-5,11H2,1-3H3. The Bertz CT molecular complexity index is 499. The van der Waals surface area contributed by atoms with E-state index in [1.807, 2.05) is 30.1 Å². The second kappa shape index (κ2) is 6.22. The van der Waals surface area contributed by atoms with E-state index < -0.39 is 0 Å². The van der Waals surface area contributed by atoms with Gasteiger partial charge in [-0.25, -0.2) is 9.97 Å². The first-order valence-corrected chi connectivity index (χ1v) is 6.65. The molecule has 0 bridgehead atoms. The highest BCUT2D eigenvalue weighted by atomic mass is 15.2. The summed E-state index contributed by atoms with van der Waals surface area (Å²) in [5.41, 5.74) is 1.01. The zero-order valence-electron chi connectivity index (χ0n) is 11.8. The Morgan fingerprint density at radius 2 is 2.00 bits per heavy atom. The summed E-state index contributed by atoms with van der Waals surface area (Å²) in [6.45, 7) is 6.93. The molecule has 2 aromatic rings. The van der Waals surface area contributed by atoms with Crippen molar-refractivity contribution in [2.75, 3.05) is 23.3 Å². The minimum atomic E-state index is 0.704. The average Bonchev–Trinajstić information content (AvgIpc) is 2.85. The van der Waals surface area contributed by atoms with Crippen molar-refractivity contribution in [2.24, 2.45) is 7.05 Å². The summed E-state index contributed by atoms with van der Waals surface area (Å²) in [7, 11) is 1.99. The van der Waals surface area contributed by atoms with Crippen LogP contribution in [-0.2, 0) is 13.6 Å². The highest BCUT2D eigenvalue weighted by Gasteiger charge is 2.03. The Balaban J connectivity index is 1.97. The number of hydrogen-bond acceptors (Lipinski definition) is 4. The molecule has 1 N–H and O–H groups in total. The fraction of sp³-hybridized carbons (Fsp3) is 0.429. The number of anilines is 2. The van der Waals surface area contributed by atoms with Crippen LogP contribution in [0.2, 0.25) is 0 Å². The molecule has 0 radical (unpaired) electrons. The summed E-state index contributed by atoms with van der Waals surface area (Å²) in [4.78, 5) is 11.0. The SMILES string of the molecule is CCN(CC)c1ccc(NCc2nccn2C)cn1. The number of aryl methyl sites for hydroxylation is 1. The molecule has 0 saturated heterocycles. The zero-order valence-corrected chi connectivity index (χ0v) is 11.8. The quantitative estimate of drug-likeness (QED) is 0.864. The Labute approximate surface area is 114 Å². The first-order chi connectivity index (χ1) is 9.24. The molecule has 102 valence electrons. The largest absolute Gasteiger partial charge is 0.377 e. The van der Waals surface area contributed by atoms with Gasteiger partial charge in [0.15, 0.2) is 0 Å². The van der Waals surface area contributed by atoms with Gasteiger partial charge in [0, 0.05) is 32.5 Å². The van der Waals surface area contributed by atoms with E-state index in [-0.39, 0.29) is 0 Å². The molecule has 0 spiro atoms. The van der Waals surface area contributed by atoms with Gasteiger partial charge < -0.3 is 14.8 Å². The monoisotopic (exact) mass is 259 g/mol. The fourth-order valence-corrected chi connectivity index (χ4v) is 1.97. The molecule has 0 aliphatic heterocycles. The van der Waals surface area contributed by atoms with Gasteiger partial charge in [0.05, 0.1) is 18.4 Å². The van der Waals surface area contributed by atoms with Crippen LogP contribution in [0.3, 0.4) is 0 Å². The summed E-state index contributed by atoms with van der Waals surface area (Å²) >= 11 is 0. The van der Waals surface area contributed by atoms with Gasteiger partial charge in [0.1, 0.15) is 11.6 Å². The highest BCUT2D eigenvalue weighted by molar-refractivity contribution is 5.48. The van der Waals surface area contributed by atoms with Crippen molar-refractivity contribution in [2.45, 2.75) is 20.4 Å². The fourth-order valence-electron chi connectivity index (χ4n) is 1.97. The summed E-state index contributed by atoms with van der Waals surface area (Å²) < 4.78 is 2.00. The third kappa shape index (κ3) is 3.24. The maximum atomic E-state index is 4.48. The molecule has 0 atom stereocenters. The molecule has 2 rings (SSSR count). The van der Waals surface area contributed by atoms with Gasteiger partial charge in [0.25, 0.3) is 0 Å². The first kappa shape index (κ1) is 13.4. The lowest BCUT2D eigenvalue weighted by Gasteiger charge is -2.19. The molecule has 0 amide bonds. The molecule has 0 saturated carbocycles. The van der Waals surface area contributed by atoms with E-state index >= 15 is 0 Å². The number of pyridine rings is 1. The van der Waals surface area contributed by atoms with Gasteiger partial charge >= 0.3 is 0 Å². The normalized spacial score (nSPS) is 10.5. The Hall–Kier alpha value is -2.04. The van der Waals surface area contributed by atoms with Gasteiger partial charge in [-0.15, -0.1) is 0 Å². The van der Waals surface area contributed by atoms with Crippen molar-refractivity contribution >= 4 is 11.5 Å². The van der Waals surface area contributed by atoms with Crippen LogP contribution in [0.25, 0.3) is 0 Å². The van der Waals surface area contributed by atoms with Gasteiger partial charge in [-0.1, -0.05) is 0 Å². The van der Waals surface area contributed by atoms with Crippen LogP contribution < -0.4 is 10.2 Å². The van der Waals surface area contributed by atoms with E-state index in [0.717, 1.165) is 30.4 Å². The predicted molar refractivity (Wildman–Crippen MR) is 78.3 cm³/mol. The summed E-state index contributed by atoms with van der Waals surface area (Å²) in [6.07, 6.45) is 5.62. The summed E-state index contributed by atoms with van der Waals surface area (Å²) in [6, 6.07) is 4.11. The zero-order chi connectivity index (χ0) is 13.7. The minimum Gasteiger partial charge on any atom is -0.377 e. The molecule has 0 aliphatic rings. The number of aromatic nitrogens is 3. The van der Waals surface area contributed by atoms with Gasteiger partial charge in [-0.3, -0.25) is 0 Å². The summed E-state index contributed by atoms with van der Waals surface area (Å²) in [5, 5.41) is 3.33. The van der Waals surface area contributed by atoms with Crippen LogP contribution in [0.1, 0.15) is 19.7 Å². The third-order valence-electron chi connectivity index (χ3n) is 3.21. The Morgan fingerprint density at radius 1 is 1.21 bits per heavy atom. The lowest BCUT2D eigenvalue weighted by atomic mass is 10.3. The minimum absolute atomic E-state index is 0.704. The number of imidazole rings is 1. The molecule has 19 heavy (non-hydrogen) atoms. The molecule has 2 aromatic heterocycles. The third-order valence-corrected chi connectivity index (χ3v) is 3.21. The maximum Gasteiger partial charge on any atom is 0.128 e. The molecule has 5 nitrogen and oxygen atoms in total. The predicted octanol–water partition coefficient (Wildman–Crippen LogP) is 2.27. The van der Waals surface area contributed by atoms with Gasteiger partial charge in [-0.05, 0) is 26.0 Å². The smallest absolute Gasteiger partial charge is 0.128 e. The van der Waals surface area contributed by atoms with E-state index in [9.17, 15) is 0 Å². The Kier molecular flexibility index (Phi) is 4.39. The lowest BCUT2D eigenvalue weighted by Crippen LogP contribution is -2.22. The van der Waals surface area contributed by atoms with E-state index in [1.54, 1.807) is 6.20 Å². The molecule has 0 unspecified atom stereocenters. The number of nitrogens with one attached hydrogen (secondary N) is 1. The summed E-state index contributed by atoms with van der Waals surface area (Å²) in [5.74, 6) is 2.03. The van der Waals surface area contributed by atoms with Crippen LogP contribution in [-0.4, -0.2) is 27.6 Å². The van der Waals surface area contributed by atoms with Crippen LogP contribution in [0.4, 0.5) is 11.5 Å². The van der Waals surface area contributed by atoms with Gasteiger partial charge in [-0.2, -0.15) is 0 Å². The molecule has 0 fully saturated rings. The highest BCUT2D eigenvalue weighted by Crippen LogP contribution is 2.14. The molecular formula is C14H21N5. The second-order valence-electron chi connectivity index (χ2n) is 4.39. The molecule has 0 aromatic carbocycles. The lowest BCUT2D eigenvalue weighted by molar-refractivity contribution is 0.812. The van der Waals surface area contributed by atoms with Crippen molar-refractivity contribution in [3.63, 3.8) is 0 Å². The van der Waals surface area contributed by atoms with Crippen molar-refractivity contribution in [3.05, 3.63) is 36.5 Å².